The molecule has 2 aliphatic heterocycles. The van der Waals surface area contributed by atoms with Crippen molar-refractivity contribution in [1.29, 1.82) is 0 Å². The van der Waals surface area contributed by atoms with Crippen LogP contribution in [0.25, 0.3) is 33.3 Å². The molecule has 0 saturated carbocycles. The molecule has 2 fully saturated rings. The van der Waals surface area contributed by atoms with Gasteiger partial charge >= 0.3 is 24.3 Å². The van der Waals surface area contributed by atoms with E-state index >= 15 is 0 Å². The summed E-state index contributed by atoms with van der Waals surface area (Å²) in [5.74, 6) is -0.492. The molecule has 42 heteroatoms. The van der Waals surface area contributed by atoms with Crippen LogP contribution in [0.3, 0.4) is 0 Å². The number of likely N-dealkylation sites (N-methyl/N-ethyl adjacent to an activating group) is 1. The molecule has 6 aromatic heterocycles. The number of benzene rings is 6. The minimum atomic E-state index is -4.22. The second-order valence-electron chi connectivity index (χ2n) is 33.7. The topological polar surface area (TPSA) is 455 Å². The van der Waals surface area contributed by atoms with E-state index in [4.69, 9.17) is 27.5 Å². The number of aliphatic hydroxyl groups excluding tert-OH is 3. The van der Waals surface area contributed by atoms with Crippen LogP contribution in [0.5, 0.6) is 0 Å². The molecule has 0 radical (unpaired) electrons. The predicted octanol–water partition coefficient (Wildman–Crippen LogP) is 11.4. The van der Waals surface area contributed by atoms with Gasteiger partial charge in [-0.2, -0.15) is 27.9 Å². The maximum absolute atomic E-state index is 14.3. The first kappa shape index (κ1) is 101. The number of aliphatic hydroxyl groups is 3. The Morgan fingerprint density at radius 2 is 0.872 bits per heavy atom. The number of thiazole rings is 3. The third kappa shape index (κ3) is 29.5. The molecule has 2 saturated heterocycles. The predicted molar refractivity (Wildman–Crippen MR) is 507 cm³/mol. The molecule has 2 aliphatic rings. The lowest BCUT2D eigenvalue weighted by Crippen LogP contribution is -2.52. The van der Waals surface area contributed by atoms with Crippen LogP contribution in [-0.4, -0.2) is 248 Å². The number of nitrogens with zero attached hydrogens (tertiary/aromatic N) is 12. The van der Waals surface area contributed by atoms with Crippen molar-refractivity contribution in [1.82, 2.24) is 69.0 Å². The minimum absolute atomic E-state index is 0.0263. The number of hydrogen-bond donors (Lipinski definition) is 8. The zero-order chi connectivity index (χ0) is 94.8. The summed E-state index contributed by atoms with van der Waals surface area (Å²) in [5, 5.41) is 48.3. The van der Waals surface area contributed by atoms with Gasteiger partial charge in [-0.3, -0.25) is 25.1 Å². The van der Waals surface area contributed by atoms with Crippen molar-refractivity contribution in [2.75, 3.05) is 114 Å². The number of ether oxygens (including phenoxy) is 3. The summed E-state index contributed by atoms with van der Waals surface area (Å²) in [6, 6.07) is 39.9. The van der Waals surface area contributed by atoms with Crippen LogP contribution in [0.2, 0.25) is 0 Å². The summed E-state index contributed by atoms with van der Waals surface area (Å²) in [4.78, 5) is 83.5. The highest BCUT2D eigenvalue weighted by Crippen LogP contribution is 2.33. The van der Waals surface area contributed by atoms with E-state index in [0.29, 0.717) is 39.7 Å². The Morgan fingerprint density at radius 3 is 1.29 bits per heavy atom. The van der Waals surface area contributed by atoms with Crippen molar-refractivity contribution < 1.29 is 87.2 Å². The van der Waals surface area contributed by atoms with Crippen molar-refractivity contribution in [3.63, 3.8) is 0 Å². The van der Waals surface area contributed by atoms with E-state index in [1.165, 1.54) is 95.8 Å². The van der Waals surface area contributed by atoms with Gasteiger partial charge in [-0.25, -0.2) is 39.6 Å². The van der Waals surface area contributed by atoms with Gasteiger partial charge in [0, 0.05) is 115 Å². The van der Waals surface area contributed by atoms with E-state index in [1.54, 1.807) is 66.3 Å². The largest absolute Gasteiger partial charge is 0.444 e. The van der Waals surface area contributed by atoms with E-state index in [1.807, 2.05) is 137 Å². The minimum Gasteiger partial charge on any atom is -0.444 e. The number of fused-ring (bicyclic) bond motifs is 3. The van der Waals surface area contributed by atoms with E-state index in [-0.39, 0.29) is 135 Å². The molecule has 714 valence electrons. The van der Waals surface area contributed by atoms with Gasteiger partial charge in [0.25, 0.3) is 12.0 Å². The SMILES string of the molecule is CC(C)CN(C(Cc1ccccc1)C(O)CNC(=O)OCc1cncs1)S(=O)(=O)c1ccc2nc(NC(=O)CN(C)C)oc2c1.CC(C)CN(CC(O)C(Cc1ccccc1)NC(=O)OCc1cncs1)S(=O)(=O)c1ccc2nc(N3CCCCC3)oc2c1.CC(C)CN(CC(O)C(Cc1ccccc1)NC(=O)OCc1cncs1)S(=O)(=O)c1ccc2nc(N3CCNCC3)oc2c1. The van der Waals surface area contributed by atoms with Crippen molar-refractivity contribution in [2.24, 2.45) is 17.8 Å². The number of rotatable bonds is 41. The van der Waals surface area contributed by atoms with E-state index in [9.17, 15) is 59.8 Å². The first-order chi connectivity index (χ1) is 63.8. The van der Waals surface area contributed by atoms with E-state index < -0.39 is 84.8 Å². The third-order valence-electron chi connectivity index (χ3n) is 21.3. The first-order valence-electron chi connectivity index (χ1n) is 43.7. The van der Waals surface area contributed by atoms with Crippen LogP contribution >= 0.6 is 34.0 Å². The summed E-state index contributed by atoms with van der Waals surface area (Å²) in [7, 11) is -8.83. The maximum Gasteiger partial charge on any atom is 0.407 e. The molecule has 133 heavy (non-hydrogen) atoms. The number of anilines is 3. The van der Waals surface area contributed by atoms with Crippen LogP contribution in [0.4, 0.5) is 32.4 Å². The summed E-state index contributed by atoms with van der Waals surface area (Å²) in [6.07, 6.45) is 2.91. The quantitative estimate of drug-likeness (QED) is 0.0165. The Kier molecular flexibility index (Phi) is 36.7. The molecule has 12 aromatic rings. The highest BCUT2D eigenvalue weighted by atomic mass is 32.2. The van der Waals surface area contributed by atoms with Gasteiger partial charge in [0.1, 0.15) is 36.4 Å². The molecule has 36 nitrogen and oxygen atoms in total. The Hall–Kier alpha value is -11.0. The van der Waals surface area contributed by atoms with Gasteiger partial charge in [-0.05, 0) is 123 Å². The van der Waals surface area contributed by atoms with Crippen LogP contribution in [0.1, 0.15) is 92.1 Å². The van der Waals surface area contributed by atoms with Crippen molar-refractivity contribution in [3.05, 3.63) is 212 Å². The molecule has 8 heterocycles. The molecule has 6 aromatic carbocycles. The van der Waals surface area contributed by atoms with E-state index in [0.717, 1.165) is 83.4 Å². The Balaban J connectivity index is 0.000000180. The van der Waals surface area contributed by atoms with Crippen LogP contribution < -0.4 is 36.4 Å². The Labute approximate surface area is 785 Å². The number of nitrogens with one attached hydrogen (secondary N) is 5. The van der Waals surface area contributed by atoms with Gasteiger partial charge in [-0.1, -0.05) is 133 Å². The van der Waals surface area contributed by atoms with Gasteiger partial charge in [0.2, 0.25) is 36.0 Å². The molecular weight excluding hydrogens is 1830 g/mol. The maximum atomic E-state index is 14.3. The number of oxazole rings is 3. The highest BCUT2D eigenvalue weighted by molar-refractivity contribution is 7.89. The number of piperazine rings is 1. The number of amides is 4. The smallest absolute Gasteiger partial charge is 0.407 e. The molecule has 6 atom stereocenters. The Morgan fingerprint density at radius 1 is 0.474 bits per heavy atom. The van der Waals surface area contributed by atoms with Crippen LogP contribution in [0, 0.1) is 17.8 Å². The summed E-state index contributed by atoms with van der Waals surface area (Å²) < 4.78 is 122. The molecule has 6 unspecified atom stereocenters. The lowest BCUT2D eigenvalue weighted by molar-refractivity contribution is -0.116. The normalized spacial score (nSPS) is 14.8. The molecular formula is C91H115N17O19S6. The zero-order valence-corrected chi connectivity index (χ0v) is 80.2. The summed E-state index contributed by atoms with van der Waals surface area (Å²) in [6.45, 7) is 16.2. The molecule has 0 spiro atoms. The molecule has 0 aliphatic carbocycles. The van der Waals surface area contributed by atoms with Gasteiger partial charge in [0.05, 0.1) is 88.8 Å². The Bertz CT molecular complexity index is 5790. The molecule has 4 amide bonds. The lowest BCUT2D eigenvalue weighted by atomic mass is 10.0. The fraction of sp³-hybridized carbons (Fsp3) is 0.429. The number of piperidine rings is 1. The van der Waals surface area contributed by atoms with E-state index in [2.05, 4.69) is 61.4 Å². The van der Waals surface area contributed by atoms with Gasteiger partial charge in [-0.15, -0.1) is 34.0 Å². The number of aromatic nitrogens is 6. The average Bonchev–Trinajstić information content (AvgIpc) is 1.52. The van der Waals surface area contributed by atoms with Crippen LogP contribution in [-0.2, 0) is 88.2 Å². The average molecular weight is 1940 g/mol. The van der Waals surface area contributed by atoms with Gasteiger partial charge in [0.15, 0.2) is 16.7 Å². The number of sulfonamides is 3. The zero-order valence-electron chi connectivity index (χ0n) is 75.3. The van der Waals surface area contributed by atoms with Crippen molar-refractivity contribution >= 4 is 140 Å². The second-order valence-corrected chi connectivity index (χ2v) is 42.4. The number of hydrogen-bond acceptors (Lipinski definition) is 32. The molecule has 8 N–H and O–H groups in total. The fourth-order valence-corrected chi connectivity index (χ4v) is 21.4. The van der Waals surface area contributed by atoms with Crippen molar-refractivity contribution in [2.45, 2.75) is 151 Å². The number of alkyl carbamates (subject to hydrolysis) is 3. The highest BCUT2D eigenvalue weighted by Gasteiger charge is 2.39. The first-order valence-corrected chi connectivity index (χ1v) is 50.7. The van der Waals surface area contributed by atoms with Crippen molar-refractivity contribution in [3.8, 4) is 0 Å². The number of carbonyl (C=O) groups is 4. The summed E-state index contributed by atoms with van der Waals surface area (Å²) in [5.41, 5.74) is 9.93. The van der Waals surface area contributed by atoms with Gasteiger partial charge < -0.3 is 78.7 Å². The van der Waals surface area contributed by atoms with Crippen LogP contribution in [0.15, 0.2) is 209 Å². The third-order valence-corrected chi connectivity index (χ3v) is 29.1. The monoisotopic (exact) mass is 1940 g/mol. The fourth-order valence-electron chi connectivity index (χ4n) is 14.8. The summed E-state index contributed by atoms with van der Waals surface area (Å²) >= 11 is 4.07. The standard InChI is InChI=1S/C31H39N5O6S2.C30H38N6O7S2.C30H38N6O6S2/c1-22(2)18-36(44(39,40)25-11-12-26-29(16-25)42-30(33-26)35-13-7-4-8-14-35)19-28(37)27(15-23-9-5-3-6-10-23)34-31(38)41-20-24-17-32-21-43-24;1-20(2)16-36(45(40,41)23-10-11-24-27(13-23)43-29(33-24)34-28(38)17-35(3)4)25(12-21-8-6-5-7-9-21)26(37)15-32-30(39)42-18-22-14-31-19-44-22;1-21(2)17-36(44(39,40)24-8-9-25-28(15-24)42-29(33-25)35-12-10-31-11-13-35)18-27(37)26(14-22-6-4-3-5-7-22)34-30(38)41-19-23-16-32-20-43-23/h3,5-6,9-12,16-17,21-22,27-28,37H,4,7-8,13-15,18-20H2,1-2H3,(H,34,38);5-11,13-14,19-20,25-26,37H,12,15-18H2,1-4H3,(H,32,39)(H,33,34,38);3-9,15-16,20-21,26-27,31,37H,10-14,17-19H2,1-2H3,(H,34,38). The second kappa shape index (κ2) is 48.3. The number of carbonyl (C=O) groups excluding carboxylic acids is 4. The molecule has 0 bridgehead atoms. The molecule has 14 rings (SSSR count). The lowest BCUT2D eigenvalue weighted by Gasteiger charge is -2.35.